The molecule has 300 valence electrons. The Labute approximate surface area is 328 Å². The number of carbonyl (C=O) groups excluding carboxylic acids is 6. The van der Waals surface area contributed by atoms with Gasteiger partial charge in [-0.2, -0.15) is 0 Å². The molecule has 6 amide bonds. The Morgan fingerprint density at radius 3 is 1.23 bits per heavy atom. The summed E-state index contributed by atoms with van der Waals surface area (Å²) in [6.07, 6.45) is 5.67. The minimum atomic E-state index is -0.605. The Morgan fingerprint density at radius 2 is 0.911 bits per heavy atom. The lowest BCUT2D eigenvalue weighted by molar-refractivity contribution is -0.144. The minimum Gasteiger partial charge on any atom is -0.444 e. The summed E-state index contributed by atoms with van der Waals surface area (Å²) in [6.45, 7) is 13.0. The van der Waals surface area contributed by atoms with E-state index < -0.39 is 35.5 Å². The lowest BCUT2D eigenvalue weighted by atomic mass is 9.98. The van der Waals surface area contributed by atoms with Crippen LogP contribution in [0.5, 0.6) is 0 Å². The molecule has 0 bridgehead atoms. The van der Waals surface area contributed by atoms with Gasteiger partial charge in [-0.05, 0) is 103 Å². The number of amides is 6. The van der Waals surface area contributed by atoms with E-state index in [-0.39, 0.29) is 61.6 Å². The molecule has 0 aromatic heterocycles. The van der Waals surface area contributed by atoms with Crippen LogP contribution in [-0.4, -0.2) is 118 Å². The molecule has 0 aliphatic carbocycles. The first-order chi connectivity index (χ1) is 26.4. The minimum absolute atomic E-state index is 0.106. The Hall–Kier alpha value is -5.40. The monoisotopic (exact) mass is 770 g/mol. The number of likely N-dealkylation sites (tertiary alicyclic amines) is 4. The predicted octanol–water partition coefficient (Wildman–Crippen LogP) is 5.45. The van der Waals surface area contributed by atoms with Gasteiger partial charge in [0.15, 0.2) is 0 Å². The van der Waals surface area contributed by atoms with Crippen LogP contribution in [0.2, 0.25) is 0 Å². The van der Waals surface area contributed by atoms with Gasteiger partial charge in [-0.1, -0.05) is 36.4 Å². The zero-order chi connectivity index (χ0) is 40.4. The number of anilines is 2. The van der Waals surface area contributed by atoms with Gasteiger partial charge in [-0.3, -0.25) is 19.2 Å². The van der Waals surface area contributed by atoms with Gasteiger partial charge >= 0.3 is 12.2 Å². The van der Waals surface area contributed by atoms with Crippen molar-refractivity contribution in [2.45, 2.75) is 90.5 Å². The highest BCUT2D eigenvalue weighted by atomic mass is 16.6. The smallest absolute Gasteiger partial charge is 0.410 e. The molecular weight excluding hydrogens is 716 g/mol. The summed E-state index contributed by atoms with van der Waals surface area (Å²) < 4.78 is 10.8. The number of benzene rings is 2. The number of hydrogen-bond donors (Lipinski definition) is 2. The van der Waals surface area contributed by atoms with Gasteiger partial charge in [0.2, 0.25) is 23.6 Å². The molecule has 2 N–H and O–H groups in total. The van der Waals surface area contributed by atoms with E-state index in [1.54, 1.807) is 51.3 Å². The number of nitrogens with zero attached hydrogens (tertiary/aromatic N) is 4. The second-order valence-corrected chi connectivity index (χ2v) is 17.1. The first-order valence-corrected chi connectivity index (χ1v) is 19.5. The van der Waals surface area contributed by atoms with Crippen LogP contribution < -0.4 is 10.6 Å². The largest absolute Gasteiger partial charge is 0.444 e. The van der Waals surface area contributed by atoms with Crippen molar-refractivity contribution in [2.75, 3.05) is 49.9 Å². The maximum Gasteiger partial charge on any atom is 0.410 e. The van der Waals surface area contributed by atoms with Gasteiger partial charge in [0, 0.05) is 50.6 Å². The first-order valence-electron chi connectivity index (χ1n) is 19.5. The van der Waals surface area contributed by atoms with Gasteiger partial charge in [0.05, 0.1) is 11.8 Å². The van der Waals surface area contributed by atoms with E-state index in [0.717, 1.165) is 24.0 Å². The molecule has 4 aliphatic rings. The number of rotatable bonds is 8. The third-order valence-corrected chi connectivity index (χ3v) is 10.3. The van der Waals surface area contributed by atoms with E-state index in [2.05, 4.69) is 10.6 Å². The summed E-state index contributed by atoms with van der Waals surface area (Å²) in [7, 11) is 0. The van der Waals surface area contributed by atoms with Crippen LogP contribution in [0, 0.1) is 11.8 Å². The molecule has 2 atom stereocenters. The lowest BCUT2D eigenvalue weighted by Crippen LogP contribution is -2.58. The van der Waals surface area contributed by atoms with Gasteiger partial charge in [-0.15, -0.1) is 0 Å². The molecule has 14 nitrogen and oxygen atoms in total. The highest BCUT2D eigenvalue weighted by Crippen LogP contribution is 2.29. The lowest BCUT2D eigenvalue weighted by Gasteiger charge is -2.41. The van der Waals surface area contributed by atoms with Crippen molar-refractivity contribution in [3.05, 3.63) is 59.7 Å². The molecular formula is C42H54N6O8. The maximum atomic E-state index is 13.2. The molecule has 2 aromatic rings. The van der Waals surface area contributed by atoms with Crippen LogP contribution in [-0.2, 0) is 28.7 Å². The summed E-state index contributed by atoms with van der Waals surface area (Å²) in [5.41, 5.74) is 1.89. The second kappa shape index (κ2) is 16.4. The van der Waals surface area contributed by atoms with E-state index in [0.29, 0.717) is 37.3 Å². The fourth-order valence-corrected chi connectivity index (χ4v) is 7.29. The second-order valence-electron chi connectivity index (χ2n) is 17.1. The van der Waals surface area contributed by atoms with Gasteiger partial charge < -0.3 is 39.7 Å². The number of carbonyl (C=O) groups is 6. The van der Waals surface area contributed by atoms with Crippen molar-refractivity contribution >= 4 is 59.3 Å². The molecule has 0 saturated carbocycles. The third kappa shape index (κ3) is 9.87. The average Bonchev–Trinajstić information content (AvgIpc) is 3.77. The first kappa shape index (κ1) is 40.3. The summed E-state index contributed by atoms with van der Waals surface area (Å²) >= 11 is 0. The summed E-state index contributed by atoms with van der Waals surface area (Å²) in [5, 5.41) is 5.91. The molecule has 4 fully saturated rings. The number of ether oxygens (including phenoxy) is 2. The molecule has 4 heterocycles. The fourth-order valence-electron chi connectivity index (χ4n) is 7.29. The van der Waals surface area contributed by atoms with Crippen LogP contribution in [0.1, 0.15) is 78.4 Å². The average molecular weight is 771 g/mol. The molecule has 0 spiro atoms. The summed E-state index contributed by atoms with van der Waals surface area (Å²) in [5.74, 6) is -1.35. The SMILES string of the molecule is CC(C)(C)OC(=O)N1CC(C(=O)N2CCC[C@H]2C(=O)Nc2ccc(C=Cc3ccc(NC(=O)[C@@H]4CCCN4C(=O)C4CN(C(=O)OC(C)(C)C)C4)cc3)cc2)C1. The quantitative estimate of drug-likeness (QED) is 0.336. The van der Waals surface area contributed by atoms with Crippen molar-refractivity contribution in [2.24, 2.45) is 11.8 Å². The normalized spacial score (nSPS) is 20.4. The van der Waals surface area contributed by atoms with Gasteiger partial charge in [-0.25, -0.2) is 9.59 Å². The zero-order valence-corrected chi connectivity index (χ0v) is 33.2. The Balaban J connectivity index is 0.943. The molecule has 2 aromatic carbocycles. The van der Waals surface area contributed by atoms with Crippen LogP contribution in [0.4, 0.5) is 21.0 Å². The van der Waals surface area contributed by atoms with E-state index in [1.165, 1.54) is 9.80 Å². The molecule has 56 heavy (non-hydrogen) atoms. The number of hydrogen-bond acceptors (Lipinski definition) is 8. The molecule has 0 unspecified atom stereocenters. The standard InChI is InChI=1S/C42H54N6O8/c1-41(2,3)55-39(53)45-23-29(24-45)37(51)47-21-7-9-33(47)35(49)43-31-17-13-27(14-18-31)11-12-28-15-19-32(20-16-28)44-36(50)34-10-8-22-48(34)38(52)30-25-46(26-30)40(54)56-42(4,5)6/h11-20,29-30,33-34H,7-10,21-26H2,1-6H3,(H,43,49)(H,44,50)/t33-,34-/m0/s1. The van der Waals surface area contributed by atoms with E-state index in [1.807, 2.05) is 60.7 Å². The highest BCUT2D eigenvalue weighted by Gasteiger charge is 2.45. The Bertz CT molecular complexity index is 1700. The van der Waals surface area contributed by atoms with Crippen LogP contribution in [0.15, 0.2) is 48.5 Å². The summed E-state index contributed by atoms with van der Waals surface area (Å²) in [6, 6.07) is 13.7. The Morgan fingerprint density at radius 1 is 0.571 bits per heavy atom. The number of nitrogens with one attached hydrogen (secondary N) is 2. The van der Waals surface area contributed by atoms with E-state index in [4.69, 9.17) is 9.47 Å². The van der Waals surface area contributed by atoms with Crippen molar-refractivity contribution in [3.8, 4) is 0 Å². The van der Waals surface area contributed by atoms with Gasteiger partial charge in [0.1, 0.15) is 23.3 Å². The molecule has 4 saturated heterocycles. The van der Waals surface area contributed by atoms with E-state index in [9.17, 15) is 28.8 Å². The van der Waals surface area contributed by atoms with Gasteiger partial charge in [0.25, 0.3) is 0 Å². The topological polar surface area (TPSA) is 158 Å². The van der Waals surface area contributed by atoms with Crippen LogP contribution >= 0.6 is 0 Å². The van der Waals surface area contributed by atoms with E-state index >= 15 is 0 Å². The molecule has 4 aliphatic heterocycles. The summed E-state index contributed by atoms with van der Waals surface area (Å²) in [4.78, 5) is 83.9. The van der Waals surface area contributed by atoms with Crippen molar-refractivity contribution in [1.29, 1.82) is 0 Å². The third-order valence-electron chi connectivity index (χ3n) is 10.3. The molecule has 6 rings (SSSR count). The molecule has 0 radical (unpaired) electrons. The van der Waals surface area contributed by atoms with Crippen molar-refractivity contribution in [3.63, 3.8) is 0 Å². The van der Waals surface area contributed by atoms with Crippen LogP contribution in [0.25, 0.3) is 12.2 Å². The van der Waals surface area contributed by atoms with Crippen molar-refractivity contribution in [1.82, 2.24) is 19.6 Å². The zero-order valence-electron chi connectivity index (χ0n) is 33.2. The highest BCUT2D eigenvalue weighted by molar-refractivity contribution is 5.99. The van der Waals surface area contributed by atoms with Crippen molar-refractivity contribution < 1.29 is 38.2 Å². The molecule has 14 heteroatoms. The maximum absolute atomic E-state index is 13.2. The fraction of sp³-hybridized carbons (Fsp3) is 0.524. The predicted molar refractivity (Wildman–Crippen MR) is 211 cm³/mol. The Kier molecular flexibility index (Phi) is 11.8. The van der Waals surface area contributed by atoms with Crippen LogP contribution in [0.3, 0.4) is 0 Å².